The summed E-state index contributed by atoms with van der Waals surface area (Å²) in [6.07, 6.45) is 6.68. The number of nitrogens with zero attached hydrogens (tertiary/aromatic N) is 2. The van der Waals surface area contributed by atoms with Gasteiger partial charge >= 0.3 is 0 Å². The molecule has 2 aromatic carbocycles. The van der Waals surface area contributed by atoms with Crippen LogP contribution < -0.4 is 9.80 Å². The SMILES string of the molecule is CC1=CC[C@H]2C(=O)N(c3ccc(-c4ccc(N5C(=O)[C@H]6CC=C(C)C[C@H]6C5=O)cc4)cc3)C(=O)[C@H]2C1. The largest absolute Gasteiger partial charge is 0.274 e. The highest BCUT2D eigenvalue weighted by Gasteiger charge is 2.49. The third-order valence-corrected chi connectivity index (χ3v) is 8.23. The molecule has 182 valence electrons. The van der Waals surface area contributed by atoms with E-state index < -0.39 is 0 Å². The monoisotopic (exact) mass is 480 g/mol. The lowest BCUT2D eigenvalue weighted by Gasteiger charge is -2.18. The summed E-state index contributed by atoms with van der Waals surface area (Å²) in [5.41, 5.74) is 5.37. The van der Waals surface area contributed by atoms with Crippen molar-refractivity contribution in [2.45, 2.75) is 39.5 Å². The number of rotatable bonds is 3. The van der Waals surface area contributed by atoms with E-state index in [1.165, 1.54) is 20.9 Å². The minimum absolute atomic E-state index is 0.111. The van der Waals surface area contributed by atoms with Crippen molar-refractivity contribution in [3.05, 3.63) is 71.8 Å². The van der Waals surface area contributed by atoms with Gasteiger partial charge in [-0.25, -0.2) is 0 Å². The fourth-order valence-electron chi connectivity index (χ4n) is 6.19. The third-order valence-electron chi connectivity index (χ3n) is 8.23. The van der Waals surface area contributed by atoms with Gasteiger partial charge in [-0.15, -0.1) is 0 Å². The number of imide groups is 2. The van der Waals surface area contributed by atoms with Crippen LogP contribution in [-0.4, -0.2) is 23.6 Å². The number of fused-ring (bicyclic) bond motifs is 2. The summed E-state index contributed by atoms with van der Waals surface area (Å²) in [5.74, 6) is -1.47. The first-order chi connectivity index (χ1) is 17.3. The van der Waals surface area contributed by atoms with Crippen LogP contribution in [0.15, 0.2) is 71.8 Å². The quantitative estimate of drug-likeness (QED) is 0.455. The Bertz CT molecular complexity index is 1250. The van der Waals surface area contributed by atoms with Gasteiger partial charge in [0.05, 0.1) is 35.0 Å². The molecule has 0 spiro atoms. The van der Waals surface area contributed by atoms with E-state index in [4.69, 9.17) is 0 Å². The molecule has 2 heterocycles. The normalized spacial score (nSPS) is 27.7. The number of carbonyl (C=O) groups excluding carboxylic acids is 4. The summed E-state index contributed by atoms with van der Waals surface area (Å²) in [7, 11) is 0. The van der Waals surface area contributed by atoms with Gasteiger partial charge in [0.25, 0.3) is 0 Å². The van der Waals surface area contributed by atoms with Crippen molar-refractivity contribution in [1.82, 2.24) is 0 Å². The molecule has 0 unspecified atom stereocenters. The number of allylic oxidation sites excluding steroid dienone is 4. The van der Waals surface area contributed by atoms with Crippen LogP contribution in [0.2, 0.25) is 0 Å². The molecule has 6 nitrogen and oxygen atoms in total. The first-order valence-corrected chi connectivity index (χ1v) is 12.6. The van der Waals surface area contributed by atoms with Crippen molar-refractivity contribution in [2.75, 3.05) is 9.80 Å². The second-order valence-corrected chi connectivity index (χ2v) is 10.5. The number of anilines is 2. The smallest absolute Gasteiger partial charge is 0.238 e. The Morgan fingerprint density at radius 3 is 1.22 bits per heavy atom. The molecule has 36 heavy (non-hydrogen) atoms. The molecule has 4 amide bonds. The highest BCUT2D eigenvalue weighted by molar-refractivity contribution is 6.23. The van der Waals surface area contributed by atoms with Crippen LogP contribution in [0.25, 0.3) is 11.1 Å². The molecule has 2 aromatic rings. The average molecular weight is 481 g/mol. The minimum Gasteiger partial charge on any atom is -0.274 e. The summed E-state index contributed by atoms with van der Waals surface area (Å²) in [5, 5.41) is 0. The molecule has 0 aromatic heterocycles. The lowest BCUT2D eigenvalue weighted by Crippen LogP contribution is -2.30. The number of hydrogen-bond acceptors (Lipinski definition) is 4. The van der Waals surface area contributed by atoms with Gasteiger partial charge in [-0.2, -0.15) is 0 Å². The maximum absolute atomic E-state index is 13.0. The van der Waals surface area contributed by atoms with Gasteiger partial charge < -0.3 is 0 Å². The van der Waals surface area contributed by atoms with Crippen molar-refractivity contribution in [3.8, 4) is 11.1 Å². The first-order valence-electron chi connectivity index (χ1n) is 12.6. The zero-order valence-corrected chi connectivity index (χ0v) is 20.4. The van der Waals surface area contributed by atoms with Crippen molar-refractivity contribution in [2.24, 2.45) is 23.7 Å². The van der Waals surface area contributed by atoms with Crippen LogP contribution in [0.4, 0.5) is 11.4 Å². The molecule has 0 N–H and O–H groups in total. The average Bonchev–Trinajstić information content (AvgIpc) is 3.27. The van der Waals surface area contributed by atoms with E-state index in [-0.39, 0.29) is 47.3 Å². The van der Waals surface area contributed by atoms with E-state index in [0.717, 1.165) is 11.1 Å². The fourth-order valence-corrected chi connectivity index (χ4v) is 6.19. The van der Waals surface area contributed by atoms with E-state index in [9.17, 15) is 19.2 Å². The number of carbonyl (C=O) groups is 4. The molecular formula is C30H28N2O4. The molecule has 2 aliphatic heterocycles. The van der Waals surface area contributed by atoms with Crippen molar-refractivity contribution < 1.29 is 19.2 Å². The van der Waals surface area contributed by atoms with Gasteiger partial charge in [0.1, 0.15) is 0 Å². The van der Waals surface area contributed by atoms with Gasteiger partial charge in [0.2, 0.25) is 23.6 Å². The van der Waals surface area contributed by atoms with Gasteiger partial charge in [-0.05, 0) is 74.9 Å². The molecule has 0 saturated carbocycles. The van der Waals surface area contributed by atoms with E-state index in [2.05, 4.69) is 12.2 Å². The molecule has 2 aliphatic carbocycles. The van der Waals surface area contributed by atoms with Gasteiger partial charge in [0, 0.05) is 0 Å². The summed E-state index contributed by atoms with van der Waals surface area (Å²) >= 11 is 0. The van der Waals surface area contributed by atoms with Crippen molar-refractivity contribution in [1.29, 1.82) is 0 Å². The molecule has 4 aliphatic rings. The van der Waals surface area contributed by atoms with Crippen LogP contribution >= 0.6 is 0 Å². The Hall–Kier alpha value is -3.80. The van der Waals surface area contributed by atoms with Crippen LogP contribution in [0, 0.1) is 23.7 Å². The van der Waals surface area contributed by atoms with Crippen LogP contribution in [0.3, 0.4) is 0 Å². The van der Waals surface area contributed by atoms with Crippen LogP contribution in [0.1, 0.15) is 39.5 Å². The lowest BCUT2D eigenvalue weighted by atomic mass is 9.82. The second kappa shape index (κ2) is 8.40. The van der Waals surface area contributed by atoms with Crippen LogP contribution in [-0.2, 0) is 19.2 Å². The Labute approximate surface area is 210 Å². The number of benzene rings is 2. The third kappa shape index (κ3) is 3.47. The van der Waals surface area contributed by atoms with Crippen molar-refractivity contribution >= 4 is 35.0 Å². The van der Waals surface area contributed by atoms with Gasteiger partial charge in [-0.1, -0.05) is 47.6 Å². The van der Waals surface area contributed by atoms with Crippen molar-refractivity contribution in [3.63, 3.8) is 0 Å². The zero-order valence-electron chi connectivity index (χ0n) is 20.4. The predicted molar refractivity (Wildman–Crippen MR) is 137 cm³/mol. The summed E-state index contributed by atoms with van der Waals surface area (Å²) in [6, 6.07) is 14.8. The molecule has 2 fully saturated rings. The summed E-state index contributed by atoms with van der Waals surface area (Å²) < 4.78 is 0. The molecule has 0 radical (unpaired) electrons. The second-order valence-electron chi connectivity index (χ2n) is 10.5. The standard InChI is InChI=1S/C30H28N2O4/c1-17-3-13-23-25(15-17)29(35)31(27(23)33)21-9-5-19(6-10-21)20-7-11-22(12-8-20)32-28(34)24-14-4-18(2)16-26(24)30(32)36/h3-12,23-26H,13-16H2,1-2H3/t23-,24+,25+,26-. The van der Waals surface area contributed by atoms with E-state index in [0.29, 0.717) is 37.1 Å². The number of hydrogen-bond donors (Lipinski definition) is 0. The summed E-state index contributed by atoms with van der Waals surface area (Å²) in [6.45, 7) is 4.02. The molecule has 0 bridgehead atoms. The Balaban J connectivity index is 1.20. The van der Waals surface area contributed by atoms with E-state index in [1.54, 1.807) is 0 Å². The summed E-state index contributed by atoms with van der Waals surface area (Å²) in [4.78, 5) is 54.6. The van der Waals surface area contributed by atoms with E-state index in [1.807, 2.05) is 62.4 Å². The van der Waals surface area contributed by atoms with Gasteiger partial charge in [0.15, 0.2) is 0 Å². The highest BCUT2D eigenvalue weighted by atomic mass is 16.2. The lowest BCUT2D eigenvalue weighted by molar-refractivity contribution is -0.124. The Morgan fingerprint density at radius 2 is 0.861 bits per heavy atom. The first kappa shape index (κ1) is 22.7. The Morgan fingerprint density at radius 1 is 0.528 bits per heavy atom. The minimum atomic E-state index is -0.257. The predicted octanol–water partition coefficient (Wildman–Crippen LogP) is 5.05. The topological polar surface area (TPSA) is 74.8 Å². The van der Waals surface area contributed by atoms with E-state index >= 15 is 0 Å². The molecule has 2 saturated heterocycles. The molecule has 4 atom stereocenters. The maximum Gasteiger partial charge on any atom is 0.238 e. The zero-order chi connectivity index (χ0) is 25.1. The molecular weight excluding hydrogens is 452 g/mol. The van der Waals surface area contributed by atoms with Crippen LogP contribution in [0.5, 0.6) is 0 Å². The Kier molecular flexibility index (Phi) is 5.29. The fraction of sp³-hybridized carbons (Fsp3) is 0.333. The highest BCUT2D eigenvalue weighted by Crippen LogP contribution is 2.41. The molecule has 6 rings (SSSR count). The maximum atomic E-state index is 13.0. The molecule has 6 heteroatoms. The number of amides is 4. The van der Waals surface area contributed by atoms with Gasteiger partial charge in [-0.3, -0.25) is 29.0 Å².